The molecule has 5 heteroatoms. The summed E-state index contributed by atoms with van der Waals surface area (Å²) in [5.41, 5.74) is 1.04. The third kappa shape index (κ3) is 2.66. The van der Waals surface area contributed by atoms with Gasteiger partial charge in [-0.05, 0) is 6.54 Å². The fraction of sp³-hybridized carbons (Fsp3) is 0.400. The molecule has 0 bridgehead atoms. The van der Waals surface area contributed by atoms with Crippen molar-refractivity contribution >= 4 is 0 Å². The summed E-state index contributed by atoms with van der Waals surface area (Å²) in [6.45, 7) is 4.51. The Balaban J connectivity index is 1.95. The van der Waals surface area contributed by atoms with Gasteiger partial charge in [-0.2, -0.15) is 0 Å². The van der Waals surface area contributed by atoms with Gasteiger partial charge < -0.3 is 14.4 Å². The third-order valence-electron chi connectivity index (χ3n) is 2.07. The standard InChI is InChI=1S/C10H14N4O/c1-2-11-5-9-6-14(8-12-9)7-10-3-4-13-15-10/h3-4,6,8,11H,2,5,7H2,1H3. The van der Waals surface area contributed by atoms with Crippen molar-refractivity contribution in [3.8, 4) is 0 Å². The third-order valence-corrected chi connectivity index (χ3v) is 2.07. The van der Waals surface area contributed by atoms with Gasteiger partial charge >= 0.3 is 0 Å². The van der Waals surface area contributed by atoms with Gasteiger partial charge in [-0.1, -0.05) is 12.1 Å². The minimum Gasteiger partial charge on any atom is -0.359 e. The van der Waals surface area contributed by atoms with E-state index >= 15 is 0 Å². The average molecular weight is 206 g/mol. The summed E-state index contributed by atoms with van der Waals surface area (Å²) in [4.78, 5) is 4.27. The van der Waals surface area contributed by atoms with Gasteiger partial charge in [-0.15, -0.1) is 0 Å². The highest BCUT2D eigenvalue weighted by molar-refractivity contribution is 5.00. The van der Waals surface area contributed by atoms with Crippen molar-refractivity contribution in [3.05, 3.63) is 36.2 Å². The fourth-order valence-electron chi connectivity index (χ4n) is 1.34. The van der Waals surface area contributed by atoms with E-state index < -0.39 is 0 Å². The number of imidazole rings is 1. The monoisotopic (exact) mass is 206 g/mol. The van der Waals surface area contributed by atoms with E-state index in [0.29, 0.717) is 6.54 Å². The van der Waals surface area contributed by atoms with E-state index in [4.69, 9.17) is 4.52 Å². The number of hydrogen-bond acceptors (Lipinski definition) is 4. The number of hydrogen-bond donors (Lipinski definition) is 1. The normalized spacial score (nSPS) is 10.7. The van der Waals surface area contributed by atoms with Gasteiger partial charge in [0.2, 0.25) is 0 Å². The Morgan fingerprint density at radius 3 is 3.20 bits per heavy atom. The number of aromatic nitrogens is 3. The zero-order valence-corrected chi connectivity index (χ0v) is 8.68. The molecule has 0 aliphatic rings. The molecule has 0 saturated heterocycles. The van der Waals surface area contributed by atoms with Crippen molar-refractivity contribution in [3.63, 3.8) is 0 Å². The molecule has 0 saturated carbocycles. The lowest BCUT2D eigenvalue weighted by Crippen LogP contribution is -2.11. The van der Waals surface area contributed by atoms with Gasteiger partial charge in [0.15, 0.2) is 5.76 Å². The maximum atomic E-state index is 5.01. The topological polar surface area (TPSA) is 55.9 Å². The van der Waals surface area contributed by atoms with E-state index in [2.05, 4.69) is 22.4 Å². The molecular weight excluding hydrogens is 192 g/mol. The second-order valence-electron chi connectivity index (χ2n) is 3.30. The molecule has 2 aromatic heterocycles. The number of rotatable bonds is 5. The maximum absolute atomic E-state index is 5.01. The van der Waals surface area contributed by atoms with Crippen LogP contribution < -0.4 is 5.32 Å². The molecule has 5 nitrogen and oxygen atoms in total. The van der Waals surface area contributed by atoms with Crippen LogP contribution in [0.15, 0.2) is 29.3 Å². The van der Waals surface area contributed by atoms with Crippen molar-refractivity contribution in [2.24, 2.45) is 0 Å². The quantitative estimate of drug-likeness (QED) is 0.793. The first-order chi connectivity index (χ1) is 7.38. The Labute approximate surface area is 88.1 Å². The number of nitrogens with one attached hydrogen (secondary N) is 1. The SMILES string of the molecule is CCNCc1cn(Cc2ccno2)cn1. The molecule has 0 radical (unpaired) electrons. The van der Waals surface area contributed by atoms with E-state index in [9.17, 15) is 0 Å². The van der Waals surface area contributed by atoms with Crippen LogP contribution in [0.5, 0.6) is 0 Å². The second kappa shape index (κ2) is 4.75. The zero-order chi connectivity index (χ0) is 10.5. The highest BCUT2D eigenvalue weighted by Gasteiger charge is 2.01. The van der Waals surface area contributed by atoms with Gasteiger partial charge in [-0.3, -0.25) is 0 Å². The highest BCUT2D eigenvalue weighted by Crippen LogP contribution is 2.02. The molecule has 15 heavy (non-hydrogen) atoms. The first-order valence-electron chi connectivity index (χ1n) is 4.99. The average Bonchev–Trinajstić information content (AvgIpc) is 2.87. The Morgan fingerprint density at radius 1 is 1.53 bits per heavy atom. The van der Waals surface area contributed by atoms with Gasteiger partial charge in [0.25, 0.3) is 0 Å². The molecule has 80 valence electrons. The predicted molar refractivity (Wildman–Crippen MR) is 55.2 cm³/mol. The molecule has 0 aliphatic heterocycles. The lowest BCUT2D eigenvalue weighted by atomic mass is 10.4. The lowest BCUT2D eigenvalue weighted by molar-refractivity contribution is 0.376. The van der Waals surface area contributed by atoms with E-state index in [1.807, 2.05) is 16.8 Å². The Kier molecular flexibility index (Phi) is 3.14. The fourth-order valence-corrected chi connectivity index (χ4v) is 1.34. The van der Waals surface area contributed by atoms with Crippen LogP contribution in [-0.2, 0) is 13.1 Å². The minimum atomic E-state index is 0.680. The highest BCUT2D eigenvalue weighted by atomic mass is 16.5. The Bertz CT molecular complexity index is 393. The molecule has 1 N–H and O–H groups in total. The lowest BCUT2D eigenvalue weighted by Gasteiger charge is -1.97. The van der Waals surface area contributed by atoms with Crippen molar-refractivity contribution in [1.82, 2.24) is 20.0 Å². The largest absolute Gasteiger partial charge is 0.359 e. The van der Waals surface area contributed by atoms with Crippen LogP contribution in [-0.4, -0.2) is 21.3 Å². The predicted octanol–water partition coefficient (Wildman–Crippen LogP) is 1.03. The molecule has 0 fully saturated rings. The Morgan fingerprint density at radius 2 is 2.47 bits per heavy atom. The van der Waals surface area contributed by atoms with Crippen LogP contribution in [0.3, 0.4) is 0 Å². The van der Waals surface area contributed by atoms with E-state index in [-0.39, 0.29) is 0 Å². The summed E-state index contributed by atoms with van der Waals surface area (Å²) in [6.07, 6.45) is 5.45. The van der Waals surface area contributed by atoms with E-state index in [1.54, 1.807) is 12.5 Å². The summed E-state index contributed by atoms with van der Waals surface area (Å²) in [6, 6.07) is 1.85. The van der Waals surface area contributed by atoms with Crippen LogP contribution in [0.4, 0.5) is 0 Å². The zero-order valence-electron chi connectivity index (χ0n) is 8.68. The molecule has 2 rings (SSSR count). The molecular formula is C10H14N4O. The van der Waals surface area contributed by atoms with Gasteiger partial charge in [0.1, 0.15) is 0 Å². The first kappa shape index (κ1) is 9.92. The van der Waals surface area contributed by atoms with Crippen LogP contribution >= 0.6 is 0 Å². The summed E-state index contributed by atoms with van der Waals surface area (Å²) in [5, 5.41) is 6.88. The van der Waals surface area contributed by atoms with Crippen molar-refractivity contribution in [2.45, 2.75) is 20.0 Å². The summed E-state index contributed by atoms with van der Waals surface area (Å²) >= 11 is 0. The van der Waals surface area contributed by atoms with Crippen LogP contribution in [0, 0.1) is 0 Å². The number of nitrogens with zero attached hydrogens (tertiary/aromatic N) is 3. The van der Waals surface area contributed by atoms with Crippen molar-refractivity contribution in [1.29, 1.82) is 0 Å². The second-order valence-corrected chi connectivity index (χ2v) is 3.30. The first-order valence-corrected chi connectivity index (χ1v) is 4.99. The molecule has 0 amide bonds. The minimum absolute atomic E-state index is 0.680. The molecule has 0 aromatic carbocycles. The molecule has 0 spiro atoms. The van der Waals surface area contributed by atoms with Gasteiger partial charge in [0.05, 0.1) is 24.8 Å². The molecule has 0 aliphatic carbocycles. The molecule has 0 unspecified atom stereocenters. The summed E-state index contributed by atoms with van der Waals surface area (Å²) in [7, 11) is 0. The van der Waals surface area contributed by atoms with E-state index in [0.717, 1.165) is 24.5 Å². The van der Waals surface area contributed by atoms with Crippen molar-refractivity contribution < 1.29 is 4.52 Å². The van der Waals surface area contributed by atoms with Crippen LogP contribution in [0.1, 0.15) is 18.4 Å². The van der Waals surface area contributed by atoms with Crippen molar-refractivity contribution in [2.75, 3.05) is 6.54 Å². The summed E-state index contributed by atoms with van der Waals surface area (Å²) in [5.74, 6) is 0.836. The molecule has 2 heterocycles. The molecule has 0 atom stereocenters. The van der Waals surface area contributed by atoms with Gasteiger partial charge in [0, 0.05) is 18.8 Å². The van der Waals surface area contributed by atoms with Crippen LogP contribution in [0.2, 0.25) is 0 Å². The van der Waals surface area contributed by atoms with Crippen LogP contribution in [0.25, 0.3) is 0 Å². The molecule has 2 aromatic rings. The smallest absolute Gasteiger partial charge is 0.156 e. The van der Waals surface area contributed by atoms with Gasteiger partial charge in [-0.25, -0.2) is 4.98 Å². The maximum Gasteiger partial charge on any atom is 0.156 e. The van der Waals surface area contributed by atoms with E-state index in [1.165, 1.54) is 0 Å². The Hall–Kier alpha value is -1.62. The summed E-state index contributed by atoms with van der Waals surface area (Å²) < 4.78 is 6.99.